The largest absolute Gasteiger partial charge is 0.183 e. The van der Waals surface area contributed by atoms with Crippen LogP contribution in [0.25, 0.3) is 11.1 Å². The van der Waals surface area contributed by atoms with Gasteiger partial charge in [-0.25, -0.2) is 0 Å². The Hall–Kier alpha value is -0.846. The average Bonchev–Trinajstić information content (AvgIpc) is 2.56. The fourth-order valence-electron chi connectivity index (χ4n) is 2.01. The number of hydrogen-bond acceptors (Lipinski definition) is 0. The summed E-state index contributed by atoms with van der Waals surface area (Å²) in [4.78, 5) is 0. The first-order valence-corrected chi connectivity index (χ1v) is 4.52. The van der Waals surface area contributed by atoms with Crippen molar-refractivity contribution in [2.24, 2.45) is 0 Å². The Morgan fingerprint density at radius 3 is 2.64 bits per heavy atom. The van der Waals surface area contributed by atoms with Crippen LogP contribution in [0.2, 0.25) is 0 Å². The molecule has 0 amide bonds. The number of benzene rings is 2. The summed E-state index contributed by atoms with van der Waals surface area (Å²) < 4.78 is 0. The summed E-state index contributed by atoms with van der Waals surface area (Å²) in [6.45, 7) is 0. The van der Waals surface area contributed by atoms with Gasteiger partial charge in [0.1, 0.15) is 0 Å². The molecular weight excluding hydrogens is 204 g/mol. The van der Waals surface area contributed by atoms with Crippen LogP contribution in [-0.2, 0) is 28.1 Å². The monoisotopic (exact) mass is 213 g/mol. The van der Waals surface area contributed by atoms with E-state index in [0.29, 0.717) is 0 Å². The van der Waals surface area contributed by atoms with Gasteiger partial charge >= 0.3 is 0 Å². The van der Waals surface area contributed by atoms with Crippen molar-refractivity contribution in [1.29, 1.82) is 0 Å². The molecule has 0 unspecified atom stereocenters. The van der Waals surface area contributed by atoms with Crippen LogP contribution in [0.1, 0.15) is 11.1 Å². The molecule has 1 aliphatic carbocycles. The fraction of sp³-hybridized carbons (Fsp3) is 0.0769. The van der Waals surface area contributed by atoms with E-state index in [1.807, 2.05) is 6.07 Å². The Balaban J connectivity index is 0.000000750. The summed E-state index contributed by atoms with van der Waals surface area (Å²) in [5, 5.41) is 0. The van der Waals surface area contributed by atoms with Crippen molar-refractivity contribution in [3.05, 3.63) is 59.7 Å². The molecule has 0 radical (unpaired) electrons. The standard InChI is InChI=1S/C13H9.Ti/c1-3-7-12-10(5-1)9-11-6-2-4-8-13(11)12;/h1-3,5-8H,9H2;/q-1;. The molecule has 0 saturated carbocycles. The topological polar surface area (TPSA) is 0 Å². The van der Waals surface area contributed by atoms with Gasteiger partial charge in [-0.2, -0.15) is 24.3 Å². The van der Waals surface area contributed by atoms with E-state index in [2.05, 4.69) is 42.5 Å². The zero-order chi connectivity index (χ0) is 8.67. The maximum Gasteiger partial charge on any atom is 0 e. The van der Waals surface area contributed by atoms with E-state index in [-0.39, 0.29) is 21.7 Å². The van der Waals surface area contributed by atoms with Gasteiger partial charge in [0.05, 0.1) is 0 Å². The van der Waals surface area contributed by atoms with E-state index in [1.165, 1.54) is 22.3 Å². The van der Waals surface area contributed by atoms with Crippen molar-refractivity contribution < 1.29 is 21.7 Å². The summed E-state index contributed by atoms with van der Waals surface area (Å²) in [6, 6.07) is 18.0. The maximum absolute atomic E-state index is 3.13. The van der Waals surface area contributed by atoms with Gasteiger partial charge in [-0.3, -0.25) is 0 Å². The van der Waals surface area contributed by atoms with Crippen molar-refractivity contribution in [3.63, 3.8) is 0 Å². The molecule has 0 aliphatic heterocycles. The van der Waals surface area contributed by atoms with Crippen molar-refractivity contribution in [1.82, 2.24) is 0 Å². The van der Waals surface area contributed by atoms with Crippen LogP contribution in [0.3, 0.4) is 0 Å². The summed E-state index contributed by atoms with van der Waals surface area (Å²) in [6.07, 6.45) is 1.08. The van der Waals surface area contributed by atoms with Gasteiger partial charge in [0, 0.05) is 21.7 Å². The van der Waals surface area contributed by atoms with Gasteiger partial charge in [-0.1, -0.05) is 35.4 Å². The van der Waals surface area contributed by atoms with Crippen LogP contribution < -0.4 is 0 Å². The number of hydrogen-bond donors (Lipinski definition) is 0. The van der Waals surface area contributed by atoms with Gasteiger partial charge < -0.3 is 0 Å². The molecule has 0 nitrogen and oxygen atoms in total. The third-order valence-corrected chi connectivity index (χ3v) is 2.64. The van der Waals surface area contributed by atoms with Crippen molar-refractivity contribution >= 4 is 0 Å². The van der Waals surface area contributed by atoms with Crippen LogP contribution in [0.15, 0.2) is 42.5 Å². The van der Waals surface area contributed by atoms with E-state index >= 15 is 0 Å². The van der Waals surface area contributed by atoms with Gasteiger partial charge in [-0.15, -0.1) is 11.1 Å². The molecular formula is C13H9Ti-. The average molecular weight is 213 g/mol. The fourth-order valence-corrected chi connectivity index (χ4v) is 2.01. The normalized spacial score (nSPS) is 11.4. The van der Waals surface area contributed by atoms with Crippen molar-refractivity contribution in [2.75, 3.05) is 0 Å². The molecule has 0 saturated heterocycles. The molecule has 2 aromatic carbocycles. The number of fused-ring (bicyclic) bond motifs is 3. The Morgan fingerprint density at radius 1 is 0.929 bits per heavy atom. The minimum Gasteiger partial charge on any atom is -0.183 e. The second-order valence-electron chi connectivity index (χ2n) is 3.42. The van der Waals surface area contributed by atoms with Gasteiger partial charge in [0.15, 0.2) is 0 Å². The molecule has 0 fully saturated rings. The quantitative estimate of drug-likeness (QED) is 0.397. The van der Waals surface area contributed by atoms with E-state index in [0.717, 1.165) is 6.42 Å². The number of rotatable bonds is 0. The first-order chi connectivity index (χ1) is 6.45. The Labute approximate surface area is 98.9 Å². The molecule has 2 aromatic rings. The molecule has 0 N–H and O–H groups in total. The summed E-state index contributed by atoms with van der Waals surface area (Å²) in [5.74, 6) is 0. The maximum atomic E-state index is 3.13. The predicted octanol–water partition coefficient (Wildman–Crippen LogP) is 3.06. The molecule has 0 atom stereocenters. The molecule has 0 spiro atoms. The van der Waals surface area contributed by atoms with E-state index < -0.39 is 0 Å². The van der Waals surface area contributed by atoms with Gasteiger partial charge in [0.2, 0.25) is 0 Å². The molecule has 0 heterocycles. The predicted molar refractivity (Wildman–Crippen MR) is 53.5 cm³/mol. The van der Waals surface area contributed by atoms with Crippen LogP contribution in [-0.4, -0.2) is 0 Å². The van der Waals surface area contributed by atoms with E-state index in [4.69, 9.17) is 0 Å². The van der Waals surface area contributed by atoms with Crippen molar-refractivity contribution in [2.45, 2.75) is 6.42 Å². The van der Waals surface area contributed by atoms with Crippen molar-refractivity contribution in [3.8, 4) is 11.1 Å². The zero-order valence-electron chi connectivity index (χ0n) is 7.75. The summed E-state index contributed by atoms with van der Waals surface area (Å²) in [5.41, 5.74) is 5.62. The van der Waals surface area contributed by atoms with E-state index in [1.54, 1.807) is 0 Å². The molecule has 66 valence electrons. The van der Waals surface area contributed by atoms with Gasteiger partial charge in [0.25, 0.3) is 0 Å². The molecule has 14 heavy (non-hydrogen) atoms. The Kier molecular flexibility index (Phi) is 2.58. The molecule has 3 rings (SSSR count). The Morgan fingerprint density at radius 2 is 1.71 bits per heavy atom. The molecule has 0 aromatic heterocycles. The van der Waals surface area contributed by atoms with Crippen LogP contribution in [0, 0.1) is 6.07 Å². The Bertz CT molecular complexity index is 417. The van der Waals surface area contributed by atoms with E-state index in [9.17, 15) is 0 Å². The SMILES string of the molecule is [Ti].[c-]1ccc2c(c1)-c1ccccc1C2. The minimum atomic E-state index is 0. The van der Waals surface area contributed by atoms with Crippen LogP contribution in [0.5, 0.6) is 0 Å². The first-order valence-electron chi connectivity index (χ1n) is 4.52. The third-order valence-electron chi connectivity index (χ3n) is 2.64. The second-order valence-corrected chi connectivity index (χ2v) is 3.42. The second kappa shape index (κ2) is 3.72. The zero-order valence-corrected chi connectivity index (χ0v) is 9.31. The molecule has 1 heteroatoms. The smallest absolute Gasteiger partial charge is 0 e. The van der Waals surface area contributed by atoms with Gasteiger partial charge in [-0.05, 0) is 6.42 Å². The first kappa shape index (κ1) is 9.70. The summed E-state index contributed by atoms with van der Waals surface area (Å²) in [7, 11) is 0. The minimum absolute atomic E-state index is 0. The van der Waals surface area contributed by atoms with Crippen LogP contribution >= 0.6 is 0 Å². The van der Waals surface area contributed by atoms with Crippen LogP contribution in [0.4, 0.5) is 0 Å². The summed E-state index contributed by atoms with van der Waals surface area (Å²) >= 11 is 0. The third kappa shape index (κ3) is 1.35. The molecule has 0 bridgehead atoms. The molecule has 1 aliphatic rings.